The maximum atomic E-state index is 12.9. The van der Waals surface area contributed by atoms with Gasteiger partial charge < -0.3 is 4.90 Å². The first-order valence-electron chi connectivity index (χ1n) is 7.23. The number of hydrogen-bond acceptors (Lipinski definition) is 3. The van der Waals surface area contributed by atoms with Gasteiger partial charge >= 0.3 is 6.18 Å². The average Bonchev–Trinajstić information content (AvgIpc) is 2.53. The van der Waals surface area contributed by atoms with Crippen LogP contribution in [0.3, 0.4) is 0 Å². The standard InChI is InChI=1S/C16H13Cl2F3N2O3S/c1-23(2)15(24)11-5-4-10(17)8-13(11)22-27(25,26)14-7-9(16(19,20)21)3-6-12(14)18/h3-8,22H,1-2H3. The first-order chi connectivity index (χ1) is 12.3. The predicted molar refractivity (Wildman–Crippen MR) is 96.7 cm³/mol. The fourth-order valence-electron chi connectivity index (χ4n) is 2.11. The predicted octanol–water partition coefficient (Wildman–Crippen LogP) is 4.51. The van der Waals surface area contributed by atoms with Crippen molar-refractivity contribution in [2.45, 2.75) is 11.1 Å². The van der Waals surface area contributed by atoms with Crippen LogP contribution in [0.15, 0.2) is 41.3 Å². The van der Waals surface area contributed by atoms with Crippen molar-refractivity contribution in [1.82, 2.24) is 4.90 Å². The van der Waals surface area contributed by atoms with Gasteiger partial charge in [-0.2, -0.15) is 13.2 Å². The molecule has 0 saturated heterocycles. The Morgan fingerprint density at radius 1 is 1.07 bits per heavy atom. The Kier molecular flexibility index (Phi) is 5.98. The number of nitrogens with zero attached hydrogens (tertiary/aromatic N) is 1. The van der Waals surface area contributed by atoms with Gasteiger partial charge in [0.25, 0.3) is 15.9 Å². The molecule has 0 aliphatic carbocycles. The second-order valence-electron chi connectivity index (χ2n) is 5.64. The maximum Gasteiger partial charge on any atom is 0.416 e. The van der Waals surface area contributed by atoms with E-state index < -0.39 is 37.6 Å². The van der Waals surface area contributed by atoms with E-state index in [2.05, 4.69) is 4.72 Å². The first kappa shape index (κ1) is 21.3. The molecule has 0 spiro atoms. The molecule has 0 fully saturated rings. The molecular formula is C16H13Cl2F3N2O3S. The van der Waals surface area contributed by atoms with Gasteiger partial charge in [0, 0.05) is 19.1 Å². The van der Waals surface area contributed by atoms with Gasteiger partial charge in [-0.3, -0.25) is 9.52 Å². The lowest BCUT2D eigenvalue weighted by atomic mass is 10.1. The van der Waals surface area contributed by atoms with E-state index in [0.29, 0.717) is 12.1 Å². The van der Waals surface area contributed by atoms with Crippen LogP contribution in [0.1, 0.15) is 15.9 Å². The van der Waals surface area contributed by atoms with Crippen LogP contribution in [0.4, 0.5) is 18.9 Å². The minimum absolute atomic E-state index is 0.0314. The second-order valence-corrected chi connectivity index (χ2v) is 8.13. The zero-order valence-electron chi connectivity index (χ0n) is 13.9. The van der Waals surface area contributed by atoms with E-state index in [1.807, 2.05) is 0 Å². The molecule has 0 bridgehead atoms. The van der Waals surface area contributed by atoms with Crippen LogP contribution >= 0.6 is 23.2 Å². The average molecular weight is 441 g/mol. The highest BCUT2D eigenvalue weighted by Crippen LogP contribution is 2.34. The molecule has 0 unspecified atom stereocenters. The van der Waals surface area contributed by atoms with Crippen molar-refractivity contribution in [3.8, 4) is 0 Å². The third kappa shape index (κ3) is 4.85. The van der Waals surface area contributed by atoms with E-state index in [1.54, 1.807) is 0 Å². The molecule has 27 heavy (non-hydrogen) atoms. The van der Waals surface area contributed by atoms with Gasteiger partial charge in [0.1, 0.15) is 4.90 Å². The number of carbonyl (C=O) groups excluding carboxylic acids is 1. The van der Waals surface area contributed by atoms with Crippen LogP contribution in [0.5, 0.6) is 0 Å². The lowest BCUT2D eigenvalue weighted by molar-refractivity contribution is -0.137. The summed E-state index contributed by atoms with van der Waals surface area (Å²) in [6.07, 6.45) is -4.75. The van der Waals surface area contributed by atoms with Crippen LogP contribution in [0, 0.1) is 0 Å². The molecule has 2 aromatic carbocycles. The summed E-state index contributed by atoms with van der Waals surface area (Å²) in [5.74, 6) is -0.528. The first-order valence-corrected chi connectivity index (χ1v) is 9.47. The van der Waals surface area contributed by atoms with Crippen molar-refractivity contribution in [3.05, 3.63) is 57.6 Å². The maximum absolute atomic E-state index is 12.9. The number of amides is 1. The van der Waals surface area contributed by atoms with Gasteiger partial charge in [-0.15, -0.1) is 0 Å². The Bertz CT molecular complexity index is 993. The van der Waals surface area contributed by atoms with Crippen molar-refractivity contribution >= 4 is 44.8 Å². The molecule has 0 aliphatic heterocycles. The van der Waals surface area contributed by atoms with E-state index in [1.165, 1.54) is 37.2 Å². The Morgan fingerprint density at radius 3 is 2.26 bits per heavy atom. The van der Waals surface area contributed by atoms with Crippen LogP contribution in [-0.2, 0) is 16.2 Å². The summed E-state index contributed by atoms with van der Waals surface area (Å²) in [4.78, 5) is 12.7. The lowest BCUT2D eigenvalue weighted by Crippen LogP contribution is -2.24. The van der Waals surface area contributed by atoms with E-state index in [0.717, 1.165) is 6.07 Å². The Balaban J connectivity index is 2.55. The normalized spacial score (nSPS) is 12.0. The second kappa shape index (κ2) is 7.57. The summed E-state index contributed by atoms with van der Waals surface area (Å²) < 4.78 is 66.0. The largest absolute Gasteiger partial charge is 0.416 e. The molecule has 0 saturated carbocycles. The molecule has 0 aromatic heterocycles. The van der Waals surface area contributed by atoms with Gasteiger partial charge in [-0.25, -0.2) is 8.42 Å². The SMILES string of the molecule is CN(C)C(=O)c1ccc(Cl)cc1NS(=O)(=O)c1cc(C(F)(F)F)ccc1Cl. The highest BCUT2D eigenvalue weighted by molar-refractivity contribution is 7.92. The van der Waals surface area contributed by atoms with Crippen molar-refractivity contribution in [1.29, 1.82) is 0 Å². The van der Waals surface area contributed by atoms with Gasteiger partial charge in [0.15, 0.2) is 0 Å². The fourth-order valence-corrected chi connectivity index (χ4v) is 3.88. The van der Waals surface area contributed by atoms with Gasteiger partial charge in [-0.05, 0) is 36.4 Å². The zero-order valence-corrected chi connectivity index (χ0v) is 16.3. The van der Waals surface area contributed by atoms with E-state index in [4.69, 9.17) is 23.2 Å². The van der Waals surface area contributed by atoms with Crippen molar-refractivity contribution in [2.75, 3.05) is 18.8 Å². The number of rotatable bonds is 4. The summed E-state index contributed by atoms with van der Waals surface area (Å²) in [7, 11) is -1.62. The molecular weight excluding hydrogens is 428 g/mol. The summed E-state index contributed by atoms with van der Waals surface area (Å²) >= 11 is 11.7. The van der Waals surface area contributed by atoms with Crippen LogP contribution in [0.25, 0.3) is 0 Å². The zero-order chi connectivity index (χ0) is 20.6. The Hall–Kier alpha value is -1.97. The van der Waals surface area contributed by atoms with Crippen LogP contribution in [-0.4, -0.2) is 33.3 Å². The summed E-state index contributed by atoms with van der Waals surface area (Å²) in [5, 5.41) is -0.281. The van der Waals surface area contributed by atoms with Crippen LogP contribution in [0.2, 0.25) is 10.0 Å². The summed E-state index contributed by atoms with van der Waals surface area (Å²) in [6, 6.07) is 5.79. The number of benzene rings is 2. The minimum atomic E-state index is -4.75. The number of sulfonamides is 1. The highest BCUT2D eigenvalue weighted by Gasteiger charge is 2.33. The highest BCUT2D eigenvalue weighted by atomic mass is 35.5. The molecule has 5 nitrogen and oxygen atoms in total. The molecule has 0 heterocycles. The molecule has 1 amide bonds. The summed E-state index contributed by atoms with van der Waals surface area (Å²) in [5.41, 5.74) is -1.39. The number of carbonyl (C=O) groups is 1. The van der Waals surface area contributed by atoms with Gasteiger partial charge in [0.05, 0.1) is 21.8 Å². The van der Waals surface area contributed by atoms with E-state index in [-0.39, 0.29) is 16.3 Å². The topological polar surface area (TPSA) is 66.5 Å². The number of halogens is 5. The quantitative estimate of drug-likeness (QED) is 0.759. The third-order valence-corrected chi connectivity index (χ3v) is 5.49. The van der Waals surface area contributed by atoms with E-state index >= 15 is 0 Å². The van der Waals surface area contributed by atoms with Crippen molar-refractivity contribution < 1.29 is 26.4 Å². The molecule has 2 aromatic rings. The lowest BCUT2D eigenvalue weighted by Gasteiger charge is -2.17. The smallest absolute Gasteiger partial charge is 0.345 e. The molecule has 146 valence electrons. The number of nitrogens with one attached hydrogen (secondary N) is 1. The molecule has 0 aliphatic rings. The molecule has 2 rings (SSSR count). The number of alkyl halides is 3. The van der Waals surface area contributed by atoms with Crippen LogP contribution < -0.4 is 4.72 Å². The monoisotopic (exact) mass is 440 g/mol. The Labute approximate surface area is 163 Å². The minimum Gasteiger partial charge on any atom is -0.345 e. The molecule has 0 radical (unpaired) electrons. The fraction of sp³-hybridized carbons (Fsp3) is 0.188. The molecule has 1 N–H and O–H groups in total. The molecule has 11 heteroatoms. The van der Waals surface area contributed by atoms with Gasteiger partial charge in [-0.1, -0.05) is 23.2 Å². The van der Waals surface area contributed by atoms with Crippen molar-refractivity contribution in [3.63, 3.8) is 0 Å². The number of hydrogen-bond donors (Lipinski definition) is 1. The Morgan fingerprint density at radius 2 is 1.70 bits per heavy atom. The molecule has 0 atom stereocenters. The third-order valence-electron chi connectivity index (χ3n) is 3.41. The van der Waals surface area contributed by atoms with Crippen molar-refractivity contribution in [2.24, 2.45) is 0 Å². The van der Waals surface area contributed by atoms with E-state index in [9.17, 15) is 26.4 Å². The number of anilines is 1. The summed E-state index contributed by atoms with van der Waals surface area (Å²) in [6.45, 7) is 0. The van der Waals surface area contributed by atoms with Gasteiger partial charge in [0.2, 0.25) is 0 Å².